The molecule has 0 aliphatic carbocycles. The highest BCUT2D eigenvalue weighted by molar-refractivity contribution is 5.18. The van der Waals surface area contributed by atoms with Crippen LogP contribution in [0.5, 0.6) is 0 Å². The molecule has 0 amide bonds. The summed E-state index contributed by atoms with van der Waals surface area (Å²) in [5.74, 6) is 0. The Morgan fingerprint density at radius 2 is 2.33 bits per heavy atom. The van der Waals surface area contributed by atoms with E-state index in [1.807, 2.05) is 12.1 Å². The number of unbranched alkanes of at least 4 members (excludes halogenated alkanes) is 1. The summed E-state index contributed by atoms with van der Waals surface area (Å²) in [6.45, 7) is 2.22. The molecule has 2 heteroatoms. The van der Waals surface area contributed by atoms with E-state index in [9.17, 15) is 0 Å². The highest BCUT2D eigenvalue weighted by Gasteiger charge is 1.99. The molecule has 0 bridgehead atoms. The summed E-state index contributed by atoms with van der Waals surface area (Å²) in [7, 11) is 0. The standard InChI is InChI=1S/C10H15NO/c1-2-3-5-9-6-4-7-11-10(9)8-12/h4,6-7,12H,2-3,5,8H2,1H3. The number of pyridine rings is 1. The van der Waals surface area contributed by atoms with Crippen molar-refractivity contribution >= 4 is 0 Å². The number of hydrogen-bond donors (Lipinski definition) is 1. The number of aryl methyl sites for hydroxylation is 1. The normalized spacial score (nSPS) is 10.2. The molecule has 66 valence electrons. The van der Waals surface area contributed by atoms with E-state index in [1.54, 1.807) is 6.20 Å². The summed E-state index contributed by atoms with van der Waals surface area (Å²) < 4.78 is 0. The van der Waals surface area contributed by atoms with E-state index >= 15 is 0 Å². The van der Waals surface area contributed by atoms with Crippen LogP contribution in [0.25, 0.3) is 0 Å². The zero-order valence-electron chi connectivity index (χ0n) is 7.45. The zero-order valence-corrected chi connectivity index (χ0v) is 7.45. The first-order chi connectivity index (χ1) is 5.88. The molecule has 0 fully saturated rings. The molecule has 1 rings (SSSR count). The minimum absolute atomic E-state index is 0.0554. The van der Waals surface area contributed by atoms with E-state index in [2.05, 4.69) is 11.9 Å². The van der Waals surface area contributed by atoms with Gasteiger partial charge in [0.1, 0.15) is 0 Å². The minimum Gasteiger partial charge on any atom is -0.390 e. The van der Waals surface area contributed by atoms with Gasteiger partial charge in [0.05, 0.1) is 12.3 Å². The molecule has 0 saturated carbocycles. The Morgan fingerprint density at radius 3 is 3.00 bits per heavy atom. The maximum Gasteiger partial charge on any atom is 0.0855 e. The van der Waals surface area contributed by atoms with Crippen LogP contribution in [0.2, 0.25) is 0 Å². The molecule has 0 aromatic carbocycles. The van der Waals surface area contributed by atoms with Gasteiger partial charge in [-0.3, -0.25) is 4.98 Å². The van der Waals surface area contributed by atoms with Crippen molar-refractivity contribution in [3.8, 4) is 0 Å². The second-order valence-corrected chi connectivity index (χ2v) is 2.87. The van der Waals surface area contributed by atoms with Gasteiger partial charge in [0.25, 0.3) is 0 Å². The summed E-state index contributed by atoms with van der Waals surface area (Å²) in [6, 6.07) is 3.96. The van der Waals surface area contributed by atoms with E-state index in [0.717, 1.165) is 12.1 Å². The third-order valence-electron chi connectivity index (χ3n) is 1.93. The summed E-state index contributed by atoms with van der Waals surface area (Å²) in [5, 5.41) is 8.96. The first kappa shape index (κ1) is 9.20. The predicted molar refractivity (Wildman–Crippen MR) is 48.8 cm³/mol. The van der Waals surface area contributed by atoms with Gasteiger partial charge in [0.2, 0.25) is 0 Å². The predicted octanol–water partition coefficient (Wildman–Crippen LogP) is 1.92. The van der Waals surface area contributed by atoms with E-state index in [4.69, 9.17) is 5.11 Å². The molecule has 0 unspecified atom stereocenters. The summed E-state index contributed by atoms with van der Waals surface area (Å²) in [4.78, 5) is 4.10. The van der Waals surface area contributed by atoms with Gasteiger partial charge in [-0.1, -0.05) is 19.4 Å². The van der Waals surface area contributed by atoms with E-state index in [1.165, 1.54) is 18.4 Å². The SMILES string of the molecule is CCCCc1cccnc1CO. The third kappa shape index (κ3) is 2.31. The number of rotatable bonds is 4. The average Bonchev–Trinajstić information content (AvgIpc) is 2.15. The van der Waals surface area contributed by atoms with Crippen LogP contribution in [0.4, 0.5) is 0 Å². The van der Waals surface area contributed by atoms with Gasteiger partial charge >= 0.3 is 0 Å². The van der Waals surface area contributed by atoms with Crippen molar-refractivity contribution in [3.05, 3.63) is 29.6 Å². The fourth-order valence-electron chi connectivity index (χ4n) is 1.21. The molecule has 2 nitrogen and oxygen atoms in total. The molecular weight excluding hydrogens is 150 g/mol. The van der Waals surface area contributed by atoms with Crippen LogP contribution in [0.3, 0.4) is 0 Å². The number of hydrogen-bond acceptors (Lipinski definition) is 2. The van der Waals surface area contributed by atoms with Gasteiger partial charge in [-0.05, 0) is 24.5 Å². The number of aliphatic hydroxyl groups is 1. The van der Waals surface area contributed by atoms with E-state index in [-0.39, 0.29) is 6.61 Å². The maximum atomic E-state index is 8.96. The lowest BCUT2D eigenvalue weighted by atomic mass is 10.1. The number of aliphatic hydroxyl groups excluding tert-OH is 1. The highest BCUT2D eigenvalue weighted by atomic mass is 16.3. The van der Waals surface area contributed by atoms with Crippen LogP contribution in [0.15, 0.2) is 18.3 Å². The Morgan fingerprint density at radius 1 is 1.50 bits per heavy atom. The molecule has 0 saturated heterocycles. The Bertz CT molecular complexity index is 235. The maximum absolute atomic E-state index is 8.96. The zero-order chi connectivity index (χ0) is 8.81. The molecule has 1 N–H and O–H groups in total. The smallest absolute Gasteiger partial charge is 0.0855 e. The fourth-order valence-corrected chi connectivity index (χ4v) is 1.21. The van der Waals surface area contributed by atoms with Crippen LogP contribution in [0.1, 0.15) is 31.0 Å². The van der Waals surface area contributed by atoms with Crippen molar-refractivity contribution in [2.45, 2.75) is 32.8 Å². The second-order valence-electron chi connectivity index (χ2n) is 2.87. The molecule has 0 atom stereocenters. The van der Waals surface area contributed by atoms with Gasteiger partial charge in [-0.25, -0.2) is 0 Å². The molecule has 1 heterocycles. The van der Waals surface area contributed by atoms with E-state index in [0.29, 0.717) is 0 Å². The monoisotopic (exact) mass is 165 g/mol. The van der Waals surface area contributed by atoms with Crippen LogP contribution >= 0.6 is 0 Å². The Labute approximate surface area is 73.3 Å². The molecule has 0 spiro atoms. The second kappa shape index (κ2) is 4.88. The fraction of sp³-hybridized carbons (Fsp3) is 0.500. The first-order valence-electron chi connectivity index (χ1n) is 4.42. The summed E-state index contributed by atoms with van der Waals surface area (Å²) in [6.07, 6.45) is 5.10. The summed E-state index contributed by atoms with van der Waals surface area (Å²) >= 11 is 0. The minimum atomic E-state index is 0.0554. The van der Waals surface area contributed by atoms with Gasteiger partial charge in [0, 0.05) is 6.20 Å². The van der Waals surface area contributed by atoms with Gasteiger partial charge in [0.15, 0.2) is 0 Å². The molecule has 12 heavy (non-hydrogen) atoms. The van der Waals surface area contributed by atoms with Crippen molar-refractivity contribution in [2.24, 2.45) is 0 Å². The molecule has 0 aliphatic heterocycles. The van der Waals surface area contributed by atoms with Crippen LogP contribution < -0.4 is 0 Å². The van der Waals surface area contributed by atoms with Crippen molar-refractivity contribution in [1.82, 2.24) is 4.98 Å². The Hall–Kier alpha value is -0.890. The molecular formula is C10H15NO. The average molecular weight is 165 g/mol. The lowest BCUT2D eigenvalue weighted by Gasteiger charge is -2.03. The number of nitrogens with zero attached hydrogens (tertiary/aromatic N) is 1. The topological polar surface area (TPSA) is 33.1 Å². The first-order valence-corrected chi connectivity index (χ1v) is 4.42. The molecule has 1 aromatic heterocycles. The Balaban J connectivity index is 2.68. The van der Waals surface area contributed by atoms with Gasteiger partial charge in [-0.2, -0.15) is 0 Å². The number of aromatic nitrogens is 1. The molecule has 0 radical (unpaired) electrons. The lowest BCUT2D eigenvalue weighted by molar-refractivity contribution is 0.275. The van der Waals surface area contributed by atoms with Gasteiger partial charge in [-0.15, -0.1) is 0 Å². The lowest BCUT2D eigenvalue weighted by Crippen LogP contribution is -1.96. The van der Waals surface area contributed by atoms with E-state index < -0.39 is 0 Å². The van der Waals surface area contributed by atoms with Crippen molar-refractivity contribution in [2.75, 3.05) is 0 Å². The quantitative estimate of drug-likeness (QED) is 0.739. The van der Waals surface area contributed by atoms with Gasteiger partial charge < -0.3 is 5.11 Å². The molecule has 1 aromatic rings. The summed E-state index contributed by atoms with van der Waals surface area (Å²) in [5.41, 5.74) is 2.01. The molecule has 0 aliphatic rings. The highest BCUT2D eigenvalue weighted by Crippen LogP contribution is 2.08. The van der Waals surface area contributed by atoms with Crippen LogP contribution in [-0.4, -0.2) is 10.1 Å². The van der Waals surface area contributed by atoms with Crippen molar-refractivity contribution < 1.29 is 5.11 Å². The largest absolute Gasteiger partial charge is 0.390 e. The Kier molecular flexibility index (Phi) is 3.74. The van der Waals surface area contributed by atoms with Crippen molar-refractivity contribution in [3.63, 3.8) is 0 Å². The van der Waals surface area contributed by atoms with Crippen molar-refractivity contribution in [1.29, 1.82) is 0 Å². The van der Waals surface area contributed by atoms with Crippen LogP contribution in [-0.2, 0) is 13.0 Å². The third-order valence-corrected chi connectivity index (χ3v) is 1.93. The van der Waals surface area contributed by atoms with Crippen LogP contribution in [0, 0.1) is 0 Å².